The van der Waals surface area contributed by atoms with Crippen LogP contribution in [0, 0.1) is 17.7 Å². The molecule has 10 heteroatoms. The molecule has 152 valence electrons. The number of sulfonamides is 1. The maximum atomic E-state index is 13.0. The number of carbonyl (C=O) groups is 1. The first kappa shape index (κ1) is 22.0. The van der Waals surface area contributed by atoms with Crippen LogP contribution in [-0.4, -0.2) is 62.6 Å². The average Bonchev–Trinajstić information content (AvgIpc) is 3.05. The molecule has 0 aromatic heterocycles. The number of halogens is 2. The molecule has 3 atom stereocenters. The predicted molar refractivity (Wildman–Crippen MR) is 101 cm³/mol. The first-order valence-corrected chi connectivity index (χ1v) is 10.2. The van der Waals surface area contributed by atoms with Crippen LogP contribution in [0.4, 0.5) is 4.39 Å². The van der Waals surface area contributed by atoms with Crippen molar-refractivity contribution in [2.75, 3.05) is 32.7 Å². The monoisotopic (exact) mass is 421 g/mol. The Labute approximate surface area is 164 Å². The lowest BCUT2D eigenvalue weighted by atomic mass is 9.98. The van der Waals surface area contributed by atoms with Crippen LogP contribution in [-0.2, 0) is 14.8 Å². The molecular weight excluding hydrogens is 397 g/mol. The van der Waals surface area contributed by atoms with Gasteiger partial charge in [0.05, 0.1) is 16.9 Å². The molecule has 1 aromatic carbocycles. The molecule has 3 rings (SSSR count). The van der Waals surface area contributed by atoms with E-state index in [4.69, 9.17) is 0 Å². The van der Waals surface area contributed by atoms with Crippen molar-refractivity contribution in [3.63, 3.8) is 0 Å². The standard InChI is InChI=1S/C17H24FN3O4S.ClH/c18-14-3-5-15(6-4-14)26(24,25)21-7-1-2-12(11-21)17(23)20-9-13-8-19-10-16(13)22;/h3-6,12-13,16,19,22H,1-2,7-11H2,(H,20,23);1H. The van der Waals surface area contributed by atoms with Crippen molar-refractivity contribution < 1.29 is 22.7 Å². The SMILES string of the molecule is Cl.O=C(NCC1CNCC1O)C1CCCN(S(=O)(=O)c2ccc(F)cc2)C1. The van der Waals surface area contributed by atoms with Crippen LogP contribution < -0.4 is 10.6 Å². The largest absolute Gasteiger partial charge is 0.391 e. The van der Waals surface area contributed by atoms with Gasteiger partial charge in [-0.2, -0.15) is 4.31 Å². The van der Waals surface area contributed by atoms with Crippen LogP contribution in [0.5, 0.6) is 0 Å². The molecule has 0 aliphatic carbocycles. The number of amides is 1. The Morgan fingerprint density at radius 1 is 1.30 bits per heavy atom. The van der Waals surface area contributed by atoms with E-state index >= 15 is 0 Å². The first-order chi connectivity index (χ1) is 12.4. The van der Waals surface area contributed by atoms with E-state index in [2.05, 4.69) is 10.6 Å². The normalized spacial score (nSPS) is 26.4. The molecular formula is C17H25ClFN3O4S. The van der Waals surface area contributed by atoms with Gasteiger partial charge in [-0.15, -0.1) is 12.4 Å². The first-order valence-electron chi connectivity index (χ1n) is 8.80. The molecule has 2 saturated heterocycles. The topological polar surface area (TPSA) is 98.7 Å². The van der Waals surface area contributed by atoms with Crippen molar-refractivity contribution in [1.82, 2.24) is 14.9 Å². The highest BCUT2D eigenvalue weighted by Gasteiger charge is 2.34. The maximum Gasteiger partial charge on any atom is 0.243 e. The van der Waals surface area contributed by atoms with E-state index in [0.717, 1.165) is 12.1 Å². The third-order valence-electron chi connectivity index (χ3n) is 5.05. The van der Waals surface area contributed by atoms with Gasteiger partial charge in [0.25, 0.3) is 0 Å². The lowest BCUT2D eigenvalue weighted by molar-refractivity contribution is -0.126. The molecule has 0 saturated carbocycles. The van der Waals surface area contributed by atoms with Gasteiger partial charge in [-0.1, -0.05) is 0 Å². The third kappa shape index (κ3) is 5.17. The van der Waals surface area contributed by atoms with E-state index in [1.807, 2.05) is 0 Å². The summed E-state index contributed by atoms with van der Waals surface area (Å²) in [6.45, 7) is 1.99. The Balaban J connectivity index is 0.00000261. The summed E-state index contributed by atoms with van der Waals surface area (Å²) in [5, 5.41) is 15.7. The Morgan fingerprint density at radius 3 is 2.63 bits per heavy atom. The fourth-order valence-electron chi connectivity index (χ4n) is 3.43. The van der Waals surface area contributed by atoms with Crippen LogP contribution in [0.15, 0.2) is 29.2 Å². The van der Waals surface area contributed by atoms with E-state index in [0.29, 0.717) is 39.0 Å². The van der Waals surface area contributed by atoms with Crippen LogP contribution >= 0.6 is 12.4 Å². The number of hydrogen-bond donors (Lipinski definition) is 3. The lowest BCUT2D eigenvalue weighted by Crippen LogP contribution is -2.46. The van der Waals surface area contributed by atoms with Crippen molar-refractivity contribution in [1.29, 1.82) is 0 Å². The van der Waals surface area contributed by atoms with Gasteiger partial charge in [0, 0.05) is 38.6 Å². The lowest BCUT2D eigenvalue weighted by Gasteiger charge is -2.31. The van der Waals surface area contributed by atoms with Gasteiger partial charge in [0.15, 0.2) is 0 Å². The second-order valence-corrected chi connectivity index (χ2v) is 8.82. The predicted octanol–water partition coefficient (Wildman–Crippen LogP) is 0.345. The molecule has 1 aromatic rings. The van der Waals surface area contributed by atoms with E-state index < -0.39 is 27.9 Å². The third-order valence-corrected chi connectivity index (χ3v) is 6.93. The zero-order chi connectivity index (χ0) is 18.7. The van der Waals surface area contributed by atoms with E-state index in [-0.39, 0.29) is 35.7 Å². The van der Waals surface area contributed by atoms with Gasteiger partial charge in [0.1, 0.15) is 5.82 Å². The highest BCUT2D eigenvalue weighted by Crippen LogP contribution is 2.24. The molecule has 0 spiro atoms. The molecule has 1 amide bonds. The van der Waals surface area contributed by atoms with Gasteiger partial charge >= 0.3 is 0 Å². The van der Waals surface area contributed by atoms with Crippen molar-refractivity contribution in [3.05, 3.63) is 30.1 Å². The summed E-state index contributed by atoms with van der Waals surface area (Å²) in [5.74, 6) is -1.14. The second kappa shape index (κ2) is 9.29. The Bertz CT molecular complexity index is 747. The molecule has 0 bridgehead atoms. The maximum absolute atomic E-state index is 13.0. The van der Waals surface area contributed by atoms with Crippen LogP contribution in [0.3, 0.4) is 0 Å². The number of β-amino-alcohol motifs (C(OH)–C–C–N with tert-alkyl or cyclic N) is 1. The minimum atomic E-state index is -3.75. The number of hydrogen-bond acceptors (Lipinski definition) is 5. The van der Waals surface area contributed by atoms with Gasteiger partial charge in [-0.05, 0) is 37.1 Å². The number of aliphatic hydroxyl groups is 1. The van der Waals surface area contributed by atoms with E-state index in [1.165, 1.54) is 16.4 Å². The minimum Gasteiger partial charge on any atom is -0.391 e. The molecule has 0 radical (unpaired) electrons. The van der Waals surface area contributed by atoms with Crippen molar-refractivity contribution in [3.8, 4) is 0 Å². The van der Waals surface area contributed by atoms with Crippen molar-refractivity contribution in [2.45, 2.75) is 23.8 Å². The molecule has 2 heterocycles. The number of piperidine rings is 1. The fraction of sp³-hybridized carbons (Fsp3) is 0.588. The highest BCUT2D eigenvalue weighted by molar-refractivity contribution is 7.89. The van der Waals surface area contributed by atoms with Gasteiger partial charge in [-0.25, -0.2) is 12.8 Å². The molecule has 2 aliphatic heterocycles. The van der Waals surface area contributed by atoms with Crippen LogP contribution in [0.1, 0.15) is 12.8 Å². The Hall–Kier alpha value is -1.26. The van der Waals surface area contributed by atoms with E-state index in [9.17, 15) is 22.7 Å². The molecule has 3 N–H and O–H groups in total. The summed E-state index contributed by atoms with van der Waals surface area (Å²) in [7, 11) is -3.75. The second-order valence-electron chi connectivity index (χ2n) is 6.89. The van der Waals surface area contributed by atoms with Crippen LogP contribution in [0.25, 0.3) is 0 Å². The Morgan fingerprint density at radius 2 is 2.00 bits per heavy atom. The molecule has 27 heavy (non-hydrogen) atoms. The summed E-state index contributed by atoms with van der Waals surface area (Å²) < 4.78 is 39.7. The fourth-order valence-corrected chi connectivity index (χ4v) is 4.96. The molecule has 3 unspecified atom stereocenters. The Kier molecular flexibility index (Phi) is 7.58. The molecule has 7 nitrogen and oxygen atoms in total. The smallest absolute Gasteiger partial charge is 0.243 e. The quantitative estimate of drug-likeness (QED) is 0.637. The summed E-state index contributed by atoms with van der Waals surface area (Å²) in [5.41, 5.74) is 0. The zero-order valence-corrected chi connectivity index (χ0v) is 16.4. The summed E-state index contributed by atoms with van der Waals surface area (Å²) in [6.07, 6.45) is 0.732. The van der Waals surface area contributed by atoms with E-state index in [1.54, 1.807) is 0 Å². The van der Waals surface area contributed by atoms with Crippen molar-refractivity contribution in [2.24, 2.45) is 11.8 Å². The van der Waals surface area contributed by atoms with Crippen molar-refractivity contribution >= 4 is 28.3 Å². The number of rotatable bonds is 5. The average molecular weight is 422 g/mol. The van der Waals surface area contributed by atoms with Gasteiger partial charge in [0.2, 0.25) is 15.9 Å². The number of carbonyl (C=O) groups excluding carboxylic acids is 1. The highest BCUT2D eigenvalue weighted by atomic mass is 35.5. The molecule has 2 fully saturated rings. The van der Waals surface area contributed by atoms with Crippen LogP contribution in [0.2, 0.25) is 0 Å². The number of nitrogens with zero attached hydrogens (tertiary/aromatic N) is 1. The summed E-state index contributed by atoms with van der Waals surface area (Å²) >= 11 is 0. The van der Waals surface area contributed by atoms with Gasteiger partial charge in [-0.3, -0.25) is 4.79 Å². The zero-order valence-electron chi connectivity index (χ0n) is 14.8. The number of aliphatic hydroxyl groups excluding tert-OH is 1. The summed E-state index contributed by atoms with van der Waals surface area (Å²) in [4.78, 5) is 12.5. The summed E-state index contributed by atoms with van der Waals surface area (Å²) in [6, 6.07) is 4.70. The van der Waals surface area contributed by atoms with Gasteiger partial charge < -0.3 is 15.7 Å². The minimum absolute atomic E-state index is 0. The molecule has 2 aliphatic rings. The number of nitrogens with one attached hydrogen (secondary N) is 2. The number of benzene rings is 1.